The monoisotopic (exact) mass is 208 g/mol. The zero-order chi connectivity index (χ0) is 11.3. The summed E-state index contributed by atoms with van der Waals surface area (Å²) in [6, 6.07) is 9.90. The molecule has 2 N–H and O–H groups in total. The molecule has 0 atom stereocenters. The summed E-state index contributed by atoms with van der Waals surface area (Å²) in [5, 5.41) is 15.9. The fraction of sp³-hybridized carbons (Fsp3) is 0. The normalized spacial score (nSPS) is 9.07. The fourth-order valence-corrected chi connectivity index (χ4v) is 0.906. The van der Waals surface area contributed by atoms with Crippen LogP contribution in [0.2, 0.25) is 0 Å². The molecule has 5 heteroatoms. The van der Waals surface area contributed by atoms with E-state index in [2.05, 4.69) is 0 Å². The van der Waals surface area contributed by atoms with Crippen LogP contribution in [0.5, 0.6) is 0 Å². The third-order valence-electron chi connectivity index (χ3n) is 1.54. The lowest BCUT2D eigenvalue weighted by Crippen LogP contribution is -2.09. The number of benzene rings is 1. The second-order valence-electron chi connectivity index (χ2n) is 2.57. The van der Waals surface area contributed by atoms with Crippen LogP contribution in [0.3, 0.4) is 0 Å². The molecular formula is C10H8O5. The molecule has 2 aromatic rings. The number of hydrogen-bond donors (Lipinski definition) is 2. The second-order valence-corrected chi connectivity index (χ2v) is 2.57. The van der Waals surface area contributed by atoms with E-state index >= 15 is 0 Å². The maximum absolute atomic E-state index is 9.10. The van der Waals surface area contributed by atoms with E-state index in [9.17, 15) is 0 Å². The molecule has 0 aliphatic carbocycles. The van der Waals surface area contributed by atoms with E-state index in [1.165, 1.54) is 0 Å². The van der Waals surface area contributed by atoms with E-state index in [1.54, 1.807) is 6.26 Å². The number of aliphatic carboxylic acids is 2. The van der Waals surface area contributed by atoms with Crippen LogP contribution >= 0.6 is 0 Å². The average molecular weight is 208 g/mol. The van der Waals surface area contributed by atoms with Gasteiger partial charge in [0.25, 0.3) is 0 Å². The second kappa shape index (κ2) is 4.80. The Morgan fingerprint density at radius 2 is 1.60 bits per heavy atom. The molecule has 0 bridgehead atoms. The van der Waals surface area contributed by atoms with Gasteiger partial charge in [0.2, 0.25) is 0 Å². The third kappa shape index (κ3) is 3.15. The molecule has 0 radical (unpaired) electrons. The Morgan fingerprint density at radius 1 is 1.00 bits per heavy atom. The zero-order valence-electron chi connectivity index (χ0n) is 7.58. The third-order valence-corrected chi connectivity index (χ3v) is 1.54. The minimum absolute atomic E-state index is 0.956. The number of carboxylic acids is 2. The molecular weight excluding hydrogens is 200 g/mol. The van der Waals surface area contributed by atoms with Crippen molar-refractivity contribution in [3.05, 3.63) is 36.6 Å². The van der Waals surface area contributed by atoms with Gasteiger partial charge in [-0.25, -0.2) is 9.59 Å². The van der Waals surface area contributed by atoms with Crippen molar-refractivity contribution in [2.45, 2.75) is 0 Å². The quantitative estimate of drug-likeness (QED) is 0.642. The summed E-state index contributed by atoms with van der Waals surface area (Å²) >= 11 is 0. The molecule has 1 aromatic carbocycles. The summed E-state index contributed by atoms with van der Waals surface area (Å²) in [6.45, 7) is 0. The molecule has 0 aliphatic heterocycles. The van der Waals surface area contributed by atoms with Gasteiger partial charge in [0.1, 0.15) is 5.58 Å². The summed E-state index contributed by atoms with van der Waals surface area (Å²) in [7, 11) is 0. The van der Waals surface area contributed by atoms with Crippen molar-refractivity contribution in [1.82, 2.24) is 0 Å². The minimum Gasteiger partial charge on any atom is -0.473 e. The minimum atomic E-state index is -1.82. The lowest BCUT2D eigenvalue weighted by atomic mass is 10.3. The molecule has 0 spiro atoms. The summed E-state index contributed by atoms with van der Waals surface area (Å²) in [5.41, 5.74) is 0.956. The Kier molecular flexibility index (Phi) is 3.45. The Labute approximate surface area is 84.6 Å². The van der Waals surface area contributed by atoms with Crippen LogP contribution in [0.4, 0.5) is 0 Å². The van der Waals surface area contributed by atoms with Gasteiger partial charge < -0.3 is 14.6 Å². The Balaban J connectivity index is 0.000000167. The smallest absolute Gasteiger partial charge is 0.414 e. The van der Waals surface area contributed by atoms with Crippen LogP contribution in [-0.2, 0) is 9.59 Å². The maximum atomic E-state index is 9.10. The molecule has 5 nitrogen and oxygen atoms in total. The number of carboxylic acid groups (broad SMARTS) is 2. The molecule has 0 amide bonds. The van der Waals surface area contributed by atoms with Crippen molar-refractivity contribution in [3.8, 4) is 0 Å². The van der Waals surface area contributed by atoms with E-state index in [0.717, 1.165) is 11.0 Å². The lowest BCUT2D eigenvalue weighted by Gasteiger charge is -1.81. The number of fused-ring (bicyclic) bond motifs is 1. The molecule has 1 aromatic heterocycles. The van der Waals surface area contributed by atoms with Gasteiger partial charge in [0.05, 0.1) is 6.26 Å². The van der Waals surface area contributed by atoms with Gasteiger partial charge in [-0.1, -0.05) is 18.2 Å². The van der Waals surface area contributed by atoms with E-state index in [-0.39, 0.29) is 0 Å². The molecule has 0 saturated carbocycles. The SMILES string of the molecule is O=C(O)C(=O)O.c1ccc2occc2c1. The number of rotatable bonds is 0. The highest BCUT2D eigenvalue weighted by molar-refractivity contribution is 6.27. The molecule has 1 heterocycles. The summed E-state index contributed by atoms with van der Waals surface area (Å²) in [6.07, 6.45) is 1.70. The molecule has 0 fully saturated rings. The van der Waals surface area contributed by atoms with Gasteiger partial charge in [-0.2, -0.15) is 0 Å². The first-order valence-electron chi connectivity index (χ1n) is 3.99. The highest BCUT2D eigenvalue weighted by Gasteiger charge is 2.04. The van der Waals surface area contributed by atoms with Crippen molar-refractivity contribution in [3.63, 3.8) is 0 Å². The van der Waals surface area contributed by atoms with E-state index < -0.39 is 11.9 Å². The van der Waals surface area contributed by atoms with Crippen LogP contribution in [0.25, 0.3) is 11.0 Å². The highest BCUT2D eigenvalue weighted by atomic mass is 16.4. The fourth-order valence-electron chi connectivity index (χ4n) is 0.906. The number of carbonyl (C=O) groups is 2. The highest BCUT2D eigenvalue weighted by Crippen LogP contribution is 2.12. The van der Waals surface area contributed by atoms with E-state index in [0.29, 0.717) is 0 Å². The van der Waals surface area contributed by atoms with E-state index in [4.69, 9.17) is 24.2 Å². The zero-order valence-corrected chi connectivity index (χ0v) is 7.58. The summed E-state index contributed by atoms with van der Waals surface area (Å²) in [5.74, 6) is -3.65. The van der Waals surface area contributed by atoms with Crippen molar-refractivity contribution < 1.29 is 24.2 Å². The van der Waals surface area contributed by atoms with Crippen LogP contribution in [-0.4, -0.2) is 22.2 Å². The summed E-state index contributed by atoms with van der Waals surface area (Å²) in [4.78, 5) is 18.2. The van der Waals surface area contributed by atoms with Crippen molar-refractivity contribution >= 4 is 22.9 Å². The Bertz CT molecular complexity index is 429. The first-order chi connectivity index (χ1) is 7.11. The van der Waals surface area contributed by atoms with Gasteiger partial charge >= 0.3 is 11.9 Å². The average Bonchev–Trinajstić information content (AvgIpc) is 2.66. The number of furan rings is 1. The lowest BCUT2D eigenvalue weighted by molar-refractivity contribution is -0.159. The van der Waals surface area contributed by atoms with Crippen molar-refractivity contribution in [2.24, 2.45) is 0 Å². The molecule has 0 unspecified atom stereocenters. The van der Waals surface area contributed by atoms with Gasteiger partial charge in [-0.05, 0) is 12.1 Å². The van der Waals surface area contributed by atoms with Gasteiger partial charge in [-0.3, -0.25) is 0 Å². The molecule has 0 aliphatic rings. The molecule has 0 saturated heterocycles. The first-order valence-corrected chi connectivity index (χ1v) is 3.99. The Morgan fingerprint density at radius 3 is 2.13 bits per heavy atom. The van der Waals surface area contributed by atoms with Gasteiger partial charge in [0, 0.05) is 5.39 Å². The predicted molar refractivity (Wildman–Crippen MR) is 51.5 cm³/mol. The van der Waals surface area contributed by atoms with Crippen LogP contribution in [0, 0.1) is 0 Å². The van der Waals surface area contributed by atoms with Crippen LogP contribution in [0.15, 0.2) is 41.0 Å². The van der Waals surface area contributed by atoms with Gasteiger partial charge in [0.15, 0.2) is 0 Å². The van der Waals surface area contributed by atoms with Crippen LogP contribution in [0.1, 0.15) is 0 Å². The predicted octanol–water partition coefficient (Wildman–Crippen LogP) is 1.59. The Hall–Kier alpha value is -2.30. The van der Waals surface area contributed by atoms with Crippen molar-refractivity contribution in [2.75, 3.05) is 0 Å². The topological polar surface area (TPSA) is 87.7 Å². The van der Waals surface area contributed by atoms with Gasteiger partial charge in [-0.15, -0.1) is 0 Å². The first kappa shape index (κ1) is 10.8. The molecule has 78 valence electrons. The summed E-state index contributed by atoms with van der Waals surface area (Å²) < 4.78 is 5.12. The van der Waals surface area contributed by atoms with Crippen LogP contribution < -0.4 is 0 Å². The molecule has 2 rings (SSSR count). The standard InChI is InChI=1S/C8H6O.C2H2O4/c1-2-4-8-7(3-1)5-6-9-8;3-1(4)2(5)6/h1-6H;(H,3,4)(H,5,6). The molecule has 15 heavy (non-hydrogen) atoms. The maximum Gasteiger partial charge on any atom is 0.414 e. The largest absolute Gasteiger partial charge is 0.473 e. The van der Waals surface area contributed by atoms with E-state index in [1.807, 2.05) is 30.3 Å². The number of hydrogen-bond acceptors (Lipinski definition) is 3. The number of para-hydroxylation sites is 1. The van der Waals surface area contributed by atoms with Crippen molar-refractivity contribution in [1.29, 1.82) is 0 Å².